The van der Waals surface area contributed by atoms with Gasteiger partial charge in [-0.3, -0.25) is 4.79 Å². The molecule has 12 rings (SSSR count). The van der Waals surface area contributed by atoms with Crippen molar-refractivity contribution in [2.45, 2.75) is 38.4 Å². The van der Waals surface area contributed by atoms with E-state index in [1.165, 1.54) is 11.3 Å². The van der Waals surface area contributed by atoms with Crippen molar-refractivity contribution in [2.24, 2.45) is 0 Å². The number of fused-ring (bicyclic) bond motifs is 5. The van der Waals surface area contributed by atoms with Crippen molar-refractivity contribution in [1.29, 1.82) is 0 Å². The van der Waals surface area contributed by atoms with E-state index in [1.54, 1.807) is 72.8 Å². The van der Waals surface area contributed by atoms with Crippen LogP contribution in [0.15, 0.2) is 193 Å². The molecule has 0 radical (unpaired) electrons. The molecule has 0 saturated heterocycles. The molecule has 0 unspecified atom stereocenters. The van der Waals surface area contributed by atoms with E-state index < -0.39 is 36.1 Å². The van der Waals surface area contributed by atoms with Gasteiger partial charge in [-0.15, -0.1) is 22.7 Å². The molecule has 2 aromatic heterocycles. The van der Waals surface area contributed by atoms with Gasteiger partial charge in [0.2, 0.25) is 0 Å². The van der Waals surface area contributed by atoms with Crippen LogP contribution in [-0.2, 0) is 76.6 Å². The second kappa shape index (κ2) is 24.8. The van der Waals surface area contributed by atoms with Crippen molar-refractivity contribution < 1.29 is 47.6 Å². The number of hydrogen-bond donors (Lipinski definition) is 0. The highest BCUT2D eigenvalue weighted by atomic mass is 32.1. The number of allylic oxidation sites excluding steroid dienone is 2. The lowest BCUT2D eigenvalue weighted by molar-refractivity contribution is -0.184. The molecule has 7 aromatic carbocycles. The fourth-order valence-corrected chi connectivity index (χ4v) is 13.4. The molecule has 18 heteroatoms. The summed E-state index contributed by atoms with van der Waals surface area (Å²) < 4.78 is 37.2. The summed E-state index contributed by atoms with van der Waals surface area (Å²) in [7, 11) is 0. The maximum Gasteiger partial charge on any atom is 0.369 e. The molecule has 3 aliphatic rings. The summed E-state index contributed by atoms with van der Waals surface area (Å²) in [6.45, 7) is -1.10. The molecular formula is C67H44N2O10S6. The van der Waals surface area contributed by atoms with E-state index in [0.29, 0.717) is 67.1 Å². The van der Waals surface area contributed by atoms with E-state index in [-0.39, 0.29) is 61.3 Å². The third kappa shape index (κ3) is 11.7. The molecule has 2 aliphatic carbocycles. The van der Waals surface area contributed by atoms with Gasteiger partial charge in [-0.05, 0) is 46.5 Å². The molecule has 0 spiro atoms. The number of benzene rings is 7. The highest BCUT2D eigenvalue weighted by molar-refractivity contribution is 7.84. The molecule has 85 heavy (non-hydrogen) atoms. The van der Waals surface area contributed by atoms with Crippen LogP contribution in [0.3, 0.4) is 0 Å². The zero-order chi connectivity index (χ0) is 58.6. The summed E-state index contributed by atoms with van der Waals surface area (Å²) in [4.78, 5) is 71.5. The first-order valence-corrected chi connectivity index (χ1v) is 29.8. The lowest BCUT2D eigenvalue weighted by atomic mass is 9.91. The van der Waals surface area contributed by atoms with Gasteiger partial charge >= 0.3 is 29.5 Å². The monoisotopic (exact) mass is 1230 g/mol. The minimum atomic E-state index is -2.71. The quantitative estimate of drug-likeness (QED) is 0.0263. The lowest BCUT2D eigenvalue weighted by Gasteiger charge is -2.34. The molecule has 0 N–H and O–H groups in total. The Hall–Kier alpha value is -8.88. The average molecular weight is 1230 g/mol. The largest absolute Gasteiger partial charge is 0.481 e. The van der Waals surface area contributed by atoms with Crippen LogP contribution in [0, 0.1) is 0 Å². The number of ether oxygens (including phenoxy) is 6. The first-order chi connectivity index (χ1) is 41.4. The Balaban J connectivity index is 1.03. The highest BCUT2D eigenvalue weighted by Crippen LogP contribution is 2.54. The highest BCUT2D eigenvalue weighted by Gasteiger charge is 2.60. The van der Waals surface area contributed by atoms with Gasteiger partial charge in [0.05, 0.1) is 41.3 Å². The normalized spacial score (nSPS) is 13.4. The summed E-state index contributed by atoms with van der Waals surface area (Å²) >= 11 is 26.3. The topological polar surface area (TPSA) is 149 Å². The van der Waals surface area contributed by atoms with Gasteiger partial charge in [-0.2, -0.15) is 0 Å². The van der Waals surface area contributed by atoms with Gasteiger partial charge in [0.25, 0.3) is 0 Å². The van der Waals surface area contributed by atoms with Crippen LogP contribution in [0.4, 0.5) is 0 Å². The van der Waals surface area contributed by atoms with Gasteiger partial charge < -0.3 is 28.4 Å². The molecule has 0 bridgehead atoms. The van der Waals surface area contributed by atoms with E-state index in [4.69, 9.17) is 87.3 Å². The van der Waals surface area contributed by atoms with E-state index in [9.17, 15) is 9.59 Å². The first kappa shape index (κ1) is 56.6. The number of aromatic nitrogens is 2. The van der Waals surface area contributed by atoms with Crippen LogP contribution < -0.4 is 9.47 Å². The van der Waals surface area contributed by atoms with Crippen LogP contribution in [0.25, 0.3) is 33.0 Å². The Kier molecular flexibility index (Phi) is 16.5. The van der Waals surface area contributed by atoms with Gasteiger partial charge in [-0.1, -0.05) is 219 Å². The van der Waals surface area contributed by atoms with Crippen molar-refractivity contribution in [2.75, 3.05) is 6.61 Å². The maximum absolute atomic E-state index is 15.4. The number of rotatable bonds is 18. The van der Waals surface area contributed by atoms with Crippen LogP contribution >= 0.6 is 71.5 Å². The summed E-state index contributed by atoms with van der Waals surface area (Å²) in [6.07, 6.45) is 3.18. The fraction of sp³-hybridized carbons (Fsp3) is 0.104. The average Bonchev–Trinajstić information content (AvgIpc) is 2.15. The van der Waals surface area contributed by atoms with E-state index in [1.807, 2.05) is 121 Å². The van der Waals surface area contributed by atoms with E-state index >= 15 is 9.59 Å². The number of esters is 4. The van der Waals surface area contributed by atoms with E-state index in [0.717, 1.165) is 44.7 Å². The molecule has 418 valence electrons. The maximum atomic E-state index is 15.4. The second-order valence-corrected chi connectivity index (χ2v) is 23.3. The minimum Gasteiger partial charge on any atom is -0.481 e. The van der Waals surface area contributed by atoms with Crippen molar-refractivity contribution in [3.05, 3.63) is 259 Å². The third-order valence-electron chi connectivity index (χ3n) is 14.0. The molecule has 12 nitrogen and oxygen atoms in total. The van der Waals surface area contributed by atoms with Crippen molar-refractivity contribution >= 4 is 127 Å². The number of thiocarbonyl (C=S) groups is 4. The van der Waals surface area contributed by atoms with Crippen molar-refractivity contribution in [3.63, 3.8) is 0 Å². The van der Waals surface area contributed by atoms with Crippen molar-refractivity contribution in [1.82, 2.24) is 9.97 Å². The molecular weight excluding hydrogens is 1190 g/mol. The molecule has 1 aliphatic heterocycles. The standard InChI is InChI=1S/C67H44N2O10S6/c70-56(75-34-39-17-5-1-6-18-39)33-51-62(84-54(68-51)31-49-58(80)43-25-13-14-26-44(43)59(49)81)47-30-53-48(29-52(47)74-38-57(71)76-35-40-19-7-2-8-20-40)63-64(69-55(85-63)32-50-60(82)45-27-15-16-28-46(45)61(50)83)67(79-53,65(72)77-36-41-21-9-3-10-22-41)66(73)78-37-42-23-11-4-12-24-42/h1-32H,33-38H2. The Morgan fingerprint density at radius 2 is 0.859 bits per heavy atom. The molecule has 0 amide bonds. The number of thiazole rings is 2. The second-order valence-electron chi connectivity index (χ2n) is 19.6. The number of carbonyl (C=O) groups is 4. The molecule has 0 saturated carbocycles. The predicted molar refractivity (Wildman–Crippen MR) is 341 cm³/mol. The summed E-state index contributed by atoms with van der Waals surface area (Å²) in [5.41, 5.74) is 5.10. The zero-order valence-corrected chi connectivity index (χ0v) is 49.5. The van der Waals surface area contributed by atoms with Gasteiger partial charge in [-0.25, -0.2) is 24.4 Å². The molecule has 0 atom stereocenters. The minimum absolute atomic E-state index is 0.00776. The van der Waals surface area contributed by atoms with Gasteiger partial charge in [0.1, 0.15) is 53.6 Å². The third-order valence-corrected chi connectivity index (χ3v) is 17.9. The zero-order valence-electron chi connectivity index (χ0n) is 44.6. The summed E-state index contributed by atoms with van der Waals surface area (Å²) in [5.74, 6) is -3.44. The smallest absolute Gasteiger partial charge is 0.369 e. The Morgan fingerprint density at radius 1 is 0.459 bits per heavy atom. The Labute approximate surface area is 517 Å². The summed E-state index contributed by atoms with van der Waals surface area (Å²) in [6, 6.07) is 54.8. The Morgan fingerprint density at radius 3 is 1.32 bits per heavy atom. The fourth-order valence-electron chi connectivity index (χ4n) is 9.82. The lowest BCUT2D eigenvalue weighted by Crippen LogP contribution is -2.52. The van der Waals surface area contributed by atoms with Crippen LogP contribution in [0.1, 0.15) is 65.9 Å². The molecule has 3 heterocycles. The number of carbonyl (C=O) groups excluding carboxylic acids is 4. The van der Waals surface area contributed by atoms with Crippen LogP contribution in [-0.4, -0.2) is 59.9 Å². The SMILES string of the molecule is O=C(COc1cc2c(cc1-c1sc(C=C3C(=S)c4ccccc4C3=S)nc1CC(=O)OCc1ccccc1)OC(C(=O)OCc1ccccc1)(C(=O)OCc1ccccc1)c1nc(C=C3C(=S)c4ccccc4C3=S)sc1-2)OCc1ccccc1. The van der Waals surface area contributed by atoms with Gasteiger partial charge in [0.15, 0.2) is 6.61 Å². The number of nitrogens with zero attached hydrogens (tertiary/aromatic N) is 2. The predicted octanol–water partition coefficient (Wildman–Crippen LogP) is 13.5. The molecule has 0 fully saturated rings. The Bertz CT molecular complexity index is 4120. The number of hydrogen-bond acceptors (Lipinski definition) is 18. The first-order valence-electron chi connectivity index (χ1n) is 26.5. The summed E-state index contributed by atoms with van der Waals surface area (Å²) in [5, 5.41) is 0.721. The van der Waals surface area contributed by atoms with E-state index in [2.05, 4.69) is 0 Å². The van der Waals surface area contributed by atoms with Crippen LogP contribution in [0.5, 0.6) is 11.5 Å². The molecule has 9 aromatic rings. The van der Waals surface area contributed by atoms with Crippen molar-refractivity contribution in [3.8, 4) is 32.4 Å². The van der Waals surface area contributed by atoms with Crippen LogP contribution in [0.2, 0.25) is 0 Å². The van der Waals surface area contributed by atoms with Gasteiger partial charge in [0, 0.05) is 44.5 Å².